The molecule has 1 aromatic rings. The monoisotopic (exact) mass is 306 g/mol. The summed E-state index contributed by atoms with van der Waals surface area (Å²) in [5, 5.41) is 10.3. The number of rotatable bonds is 4. The smallest absolute Gasteiger partial charge is 0.293 e. The lowest BCUT2D eigenvalue weighted by atomic mass is 10.2. The molecule has 21 heavy (non-hydrogen) atoms. The van der Waals surface area contributed by atoms with E-state index >= 15 is 0 Å². The SMILES string of the molecule is C[C@@H](Oc1ccc(/C=C2/SC(=O)N(C)C2=O)cc1)C(=O)[O-]. The van der Waals surface area contributed by atoms with Crippen LogP contribution in [0.15, 0.2) is 29.2 Å². The third kappa shape index (κ3) is 3.43. The zero-order valence-electron chi connectivity index (χ0n) is 11.4. The standard InChI is InChI=1S/C14H13NO5S/c1-8(13(17)18)20-10-5-3-9(4-6-10)7-11-12(16)15(2)14(19)21-11/h3-8H,1-2H3,(H,17,18)/p-1/b11-7+/t8-/m1/s1. The van der Waals surface area contributed by atoms with E-state index in [-0.39, 0.29) is 11.1 Å². The molecule has 1 aliphatic rings. The fourth-order valence-corrected chi connectivity index (χ4v) is 2.42. The second kappa shape index (κ2) is 6.01. The molecule has 0 bridgehead atoms. The van der Waals surface area contributed by atoms with E-state index in [9.17, 15) is 19.5 Å². The van der Waals surface area contributed by atoms with Crippen molar-refractivity contribution in [3.63, 3.8) is 0 Å². The van der Waals surface area contributed by atoms with Crippen LogP contribution >= 0.6 is 11.8 Å². The summed E-state index contributed by atoms with van der Waals surface area (Å²) in [4.78, 5) is 35.1. The Hall–Kier alpha value is -2.28. The first-order chi connectivity index (χ1) is 9.88. The number of hydrogen-bond acceptors (Lipinski definition) is 6. The quantitative estimate of drug-likeness (QED) is 0.767. The Morgan fingerprint density at radius 3 is 2.43 bits per heavy atom. The van der Waals surface area contributed by atoms with Gasteiger partial charge in [-0.15, -0.1) is 0 Å². The van der Waals surface area contributed by atoms with Gasteiger partial charge >= 0.3 is 0 Å². The average Bonchev–Trinajstić information content (AvgIpc) is 2.68. The van der Waals surface area contributed by atoms with Crippen LogP contribution in [-0.2, 0) is 9.59 Å². The zero-order chi connectivity index (χ0) is 15.6. The number of carboxylic acids is 1. The van der Waals surface area contributed by atoms with E-state index in [0.717, 1.165) is 16.7 Å². The van der Waals surface area contributed by atoms with Crippen LogP contribution in [0, 0.1) is 0 Å². The second-order valence-electron chi connectivity index (χ2n) is 4.39. The average molecular weight is 306 g/mol. The van der Waals surface area contributed by atoms with Gasteiger partial charge in [-0.25, -0.2) is 0 Å². The highest BCUT2D eigenvalue weighted by Crippen LogP contribution is 2.31. The lowest BCUT2D eigenvalue weighted by Crippen LogP contribution is -2.37. The van der Waals surface area contributed by atoms with Crippen LogP contribution in [-0.4, -0.2) is 35.2 Å². The molecular weight excluding hydrogens is 294 g/mol. The van der Waals surface area contributed by atoms with Gasteiger partial charge in [-0.3, -0.25) is 14.5 Å². The molecule has 0 unspecified atom stereocenters. The lowest BCUT2D eigenvalue weighted by molar-refractivity contribution is -0.312. The Bertz CT molecular complexity index is 623. The highest BCUT2D eigenvalue weighted by molar-refractivity contribution is 8.18. The van der Waals surface area contributed by atoms with Crippen molar-refractivity contribution in [1.29, 1.82) is 0 Å². The number of thioether (sulfide) groups is 1. The molecule has 6 nitrogen and oxygen atoms in total. The summed E-state index contributed by atoms with van der Waals surface area (Å²) < 4.78 is 5.14. The van der Waals surface area contributed by atoms with Crippen LogP contribution < -0.4 is 9.84 Å². The van der Waals surface area contributed by atoms with Crippen LogP contribution in [0.25, 0.3) is 6.08 Å². The molecule has 0 aromatic heterocycles. The molecule has 110 valence electrons. The molecule has 0 spiro atoms. The fraction of sp³-hybridized carbons (Fsp3) is 0.214. The molecule has 0 radical (unpaired) electrons. The minimum Gasteiger partial charge on any atom is -0.546 e. The van der Waals surface area contributed by atoms with Crippen LogP contribution in [0.4, 0.5) is 4.79 Å². The maximum atomic E-state index is 11.7. The van der Waals surface area contributed by atoms with Gasteiger partial charge in [0.05, 0.1) is 10.9 Å². The predicted molar refractivity (Wildman–Crippen MR) is 75.3 cm³/mol. The van der Waals surface area contributed by atoms with Crippen molar-refractivity contribution >= 4 is 35.0 Å². The number of aliphatic carboxylic acids is 1. The zero-order valence-corrected chi connectivity index (χ0v) is 12.2. The van der Waals surface area contributed by atoms with Crippen molar-refractivity contribution in [2.45, 2.75) is 13.0 Å². The van der Waals surface area contributed by atoms with E-state index in [1.165, 1.54) is 14.0 Å². The highest BCUT2D eigenvalue weighted by Gasteiger charge is 2.31. The number of imide groups is 1. The number of hydrogen-bond donors (Lipinski definition) is 0. The number of ether oxygens (including phenoxy) is 1. The van der Waals surface area contributed by atoms with Crippen molar-refractivity contribution in [2.75, 3.05) is 7.05 Å². The number of likely N-dealkylation sites (N-methyl/N-ethyl adjacent to an activating group) is 1. The van der Waals surface area contributed by atoms with Gasteiger partial charge in [0.1, 0.15) is 11.9 Å². The van der Waals surface area contributed by atoms with E-state index in [1.54, 1.807) is 30.3 Å². The van der Waals surface area contributed by atoms with Crippen molar-refractivity contribution < 1.29 is 24.2 Å². The van der Waals surface area contributed by atoms with Gasteiger partial charge in [0, 0.05) is 7.05 Å². The fourth-order valence-electron chi connectivity index (χ4n) is 1.59. The number of nitrogens with zero attached hydrogens (tertiary/aromatic N) is 1. The van der Waals surface area contributed by atoms with Crippen molar-refractivity contribution in [1.82, 2.24) is 4.90 Å². The van der Waals surface area contributed by atoms with Gasteiger partial charge in [-0.2, -0.15) is 0 Å². The van der Waals surface area contributed by atoms with Crippen LogP contribution in [0.2, 0.25) is 0 Å². The predicted octanol–water partition coefficient (Wildman–Crippen LogP) is 0.870. The minimum atomic E-state index is -1.30. The van der Waals surface area contributed by atoms with Crippen LogP contribution in [0.3, 0.4) is 0 Å². The summed E-state index contributed by atoms with van der Waals surface area (Å²) in [6, 6.07) is 6.50. The molecule has 0 saturated carbocycles. The topological polar surface area (TPSA) is 86.7 Å². The Kier molecular flexibility index (Phi) is 4.32. The molecule has 7 heteroatoms. The second-order valence-corrected chi connectivity index (χ2v) is 5.38. The summed E-state index contributed by atoms with van der Waals surface area (Å²) in [5.74, 6) is -1.25. The van der Waals surface area contributed by atoms with Gasteiger partial charge < -0.3 is 14.6 Å². The maximum Gasteiger partial charge on any atom is 0.293 e. The third-order valence-corrected chi connectivity index (χ3v) is 3.77. The van der Waals surface area contributed by atoms with E-state index in [0.29, 0.717) is 16.2 Å². The molecule has 2 amide bonds. The number of carboxylic acid groups (broad SMARTS) is 1. The summed E-state index contributed by atoms with van der Waals surface area (Å²) in [5.41, 5.74) is 0.711. The molecule has 1 atom stereocenters. The Morgan fingerprint density at radius 2 is 1.95 bits per heavy atom. The van der Waals surface area contributed by atoms with Gasteiger partial charge in [-0.05, 0) is 42.5 Å². The number of amides is 2. The highest BCUT2D eigenvalue weighted by atomic mass is 32.2. The molecule has 0 aliphatic carbocycles. The van der Waals surface area contributed by atoms with Crippen molar-refractivity contribution in [3.8, 4) is 5.75 Å². The molecular formula is C14H12NO5S-. The first-order valence-electron chi connectivity index (χ1n) is 6.07. The van der Waals surface area contributed by atoms with E-state index in [2.05, 4.69) is 0 Å². The molecule has 2 rings (SSSR count). The summed E-state index contributed by atoms with van der Waals surface area (Å²) in [6.45, 7) is 1.38. The van der Waals surface area contributed by atoms with Gasteiger partial charge in [0.15, 0.2) is 0 Å². The van der Waals surface area contributed by atoms with Gasteiger partial charge in [0.2, 0.25) is 0 Å². The molecule has 1 heterocycles. The Balaban J connectivity index is 2.11. The number of carbonyl (C=O) groups excluding carboxylic acids is 3. The largest absolute Gasteiger partial charge is 0.546 e. The van der Waals surface area contributed by atoms with E-state index in [4.69, 9.17) is 4.74 Å². The first kappa shape index (κ1) is 15.1. The summed E-state index contributed by atoms with van der Waals surface area (Å²) in [7, 11) is 1.43. The normalized spacial score (nSPS) is 18.2. The van der Waals surface area contributed by atoms with E-state index < -0.39 is 12.1 Å². The number of benzene rings is 1. The van der Waals surface area contributed by atoms with Crippen molar-refractivity contribution in [2.24, 2.45) is 0 Å². The van der Waals surface area contributed by atoms with Crippen LogP contribution in [0.1, 0.15) is 12.5 Å². The lowest BCUT2D eigenvalue weighted by Gasteiger charge is -2.15. The molecule has 1 saturated heterocycles. The van der Waals surface area contributed by atoms with Gasteiger partial charge in [0.25, 0.3) is 11.1 Å². The van der Waals surface area contributed by atoms with Crippen molar-refractivity contribution in [3.05, 3.63) is 34.7 Å². The number of carbonyl (C=O) groups is 3. The Morgan fingerprint density at radius 1 is 1.33 bits per heavy atom. The molecule has 1 fully saturated rings. The summed E-state index contributed by atoms with van der Waals surface area (Å²) in [6.07, 6.45) is 0.549. The third-order valence-electron chi connectivity index (χ3n) is 2.81. The molecule has 1 aromatic carbocycles. The van der Waals surface area contributed by atoms with Crippen LogP contribution in [0.5, 0.6) is 5.75 Å². The van der Waals surface area contributed by atoms with E-state index in [1.807, 2.05) is 0 Å². The van der Waals surface area contributed by atoms with Gasteiger partial charge in [-0.1, -0.05) is 12.1 Å². The molecule has 1 aliphatic heterocycles. The molecule has 0 N–H and O–H groups in total. The maximum absolute atomic E-state index is 11.7. The minimum absolute atomic E-state index is 0.311. The first-order valence-corrected chi connectivity index (χ1v) is 6.89. The summed E-state index contributed by atoms with van der Waals surface area (Å²) >= 11 is 0.877. The Labute approximate surface area is 125 Å².